The number of ether oxygens (including phenoxy) is 1. The quantitative estimate of drug-likeness (QED) is 0.390. The van der Waals surface area contributed by atoms with Crippen molar-refractivity contribution < 1.29 is 46.3 Å². The van der Waals surface area contributed by atoms with Gasteiger partial charge in [-0.2, -0.15) is 13.2 Å². The molecule has 6 amide bonds. The molecule has 2 aromatic rings. The van der Waals surface area contributed by atoms with Crippen molar-refractivity contribution in [3.8, 4) is 5.75 Å². The van der Waals surface area contributed by atoms with Gasteiger partial charge in [-0.1, -0.05) is 13.8 Å². The van der Waals surface area contributed by atoms with E-state index in [1.807, 2.05) is 0 Å². The van der Waals surface area contributed by atoms with Crippen molar-refractivity contribution >= 4 is 41.0 Å². The van der Waals surface area contributed by atoms with Gasteiger partial charge in [0.2, 0.25) is 5.91 Å². The first-order valence-corrected chi connectivity index (χ1v) is 13.8. The lowest BCUT2D eigenvalue weighted by atomic mass is 9.85. The van der Waals surface area contributed by atoms with Crippen LogP contribution in [0.15, 0.2) is 36.4 Å². The Kier molecular flexibility index (Phi) is 7.76. The van der Waals surface area contributed by atoms with E-state index in [-0.39, 0.29) is 38.4 Å². The third kappa shape index (κ3) is 5.30. The molecule has 3 heterocycles. The highest BCUT2D eigenvalue weighted by molar-refractivity contribution is 6.17. The number of urea groups is 1. The van der Waals surface area contributed by atoms with Crippen LogP contribution in [0.1, 0.15) is 42.6 Å². The maximum Gasteiger partial charge on any atom is 0.416 e. The number of piperidine rings is 1. The van der Waals surface area contributed by atoms with Gasteiger partial charge >= 0.3 is 12.2 Å². The number of benzene rings is 2. The fourth-order valence-corrected chi connectivity index (χ4v) is 5.73. The summed E-state index contributed by atoms with van der Waals surface area (Å²) in [6, 6.07) is 4.36. The largest absolute Gasteiger partial charge is 0.482 e. The average molecular weight is 620 g/mol. The van der Waals surface area contributed by atoms with Crippen molar-refractivity contribution in [1.29, 1.82) is 0 Å². The SMILES string of the molecule is CC(C)C(NC(=O)c1cc(C(F)(F)F)ccc1F)C(=O)N1CCC2(CC1)C(=O)N(C)C(=O)N2c1ccc2c(c1)OCC(=O)N2. The van der Waals surface area contributed by atoms with E-state index >= 15 is 0 Å². The van der Waals surface area contributed by atoms with Crippen molar-refractivity contribution in [2.75, 3.05) is 37.0 Å². The summed E-state index contributed by atoms with van der Waals surface area (Å²) in [6.45, 7) is 3.05. The Hall–Kier alpha value is -4.69. The van der Waals surface area contributed by atoms with E-state index in [1.165, 1.54) is 16.8 Å². The van der Waals surface area contributed by atoms with Crippen LogP contribution in [0.5, 0.6) is 5.75 Å². The van der Waals surface area contributed by atoms with Crippen molar-refractivity contribution in [1.82, 2.24) is 15.1 Å². The predicted molar refractivity (Wildman–Crippen MR) is 147 cm³/mol. The Balaban J connectivity index is 1.35. The Morgan fingerprint density at radius 1 is 1.05 bits per heavy atom. The first-order valence-electron chi connectivity index (χ1n) is 13.8. The average Bonchev–Trinajstić information content (AvgIpc) is 3.15. The molecule has 1 unspecified atom stereocenters. The number of rotatable bonds is 5. The van der Waals surface area contributed by atoms with Crippen molar-refractivity contribution in [2.45, 2.75) is 44.4 Å². The first kappa shape index (κ1) is 30.8. The Morgan fingerprint density at radius 2 is 1.73 bits per heavy atom. The number of fused-ring (bicyclic) bond motifs is 1. The molecular formula is C29H29F4N5O6. The maximum absolute atomic E-state index is 14.4. The molecular weight excluding hydrogens is 590 g/mol. The molecule has 1 atom stereocenters. The predicted octanol–water partition coefficient (Wildman–Crippen LogP) is 3.39. The minimum atomic E-state index is -4.80. The monoisotopic (exact) mass is 619 g/mol. The number of carbonyl (C=O) groups is 5. The van der Waals surface area contributed by atoms with E-state index in [0.29, 0.717) is 35.3 Å². The number of carbonyl (C=O) groups excluding carboxylic acids is 5. The maximum atomic E-state index is 14.4. The molecule has 0 radical (unpaired) electrons. The van der Waals surface area contributed by atoms with Crippen molar-refractivity contribution in [3.05, 3.63) is 53.3 Å². The van der Waals surface area contributed by atoms with Crippen LogP contribution in [-0.2, 0) is 20.6 Å². The van der Waals surface area contributed by atoms with Crippen LogP contribution >= 0.6 is 0 Å². The molecule has 3 aliphatic heterocycles. The molecule has 2 saturated heterocycles. The van der Waals surface area contributed by atoms with Gasteiger partial charge in [0, 0.05) is 26.2 Å². The highest BCUT2D eigenvalue weighted by Gasteiger charge is 2.58. The van der Waals surface area contributed by atoms with Crippen LogP contribution in [0.25, 0.3) is 0 Å². The number of alkyl halides is 3. The van der Waals surface area contributed by atoms with Gasteiger partial charge in [0.25, 0.3) is 17.7 Å². The van der Waals surface area contributed by atoms with Crippen LogP contribution in [0.2, 0.25) is 0 Å². The highest BCUT2D eigenvalue weighted by Crippen LogP contribution is 2.43. The van der Waals surface area contributed by atoms with Crippen LogP contribution < -0.4 is 20.3 Å². The van der Waals surface area contributed by atoms with Gasteiger partial charge in [0.1, 0.15) is 23.1 Å². The van der Waals surface area contributed by atoms with E-state index in [2.05, 4.69) is 10.6 Å². The topological polar surface area (TPSA) is 128 Å². The number of nitrogens with one attached hydrogen (secondary N) is 2. The Labute approximate surface area is 249 Å². The van der Waals surface area contributed by atoms with E-state index in [0.717, 1.165) is 4.90 Å². The lowest BCUT2D eigenvalue weighted by molar-refractivity contribution is -0.139. The summed E-state index contributed by atoms with van der Waals surface area (Å²) in [5, 5.41) is 5.04. The van der Waals surface area contributed by atoms with Crippen molar-refractivity contribution in [2.24, 2.45) is 5.92 Å². The molecule has 11 nitrogen and oxygen atoms in total. The van der Waals surface area contributed by atoms with E-state index in [9.17, 15) is 41.5 Å². The number of anilines is 2. The first-order chi connectivity index (χ1) is 20.6. The molecule has 0 bridgehead atoms. The number of likely N-dealkylation sites (tertiary alicyclic amines) is 1. The fourth-order valence-electron chi connectivity index (χ4n) is 5.73. The van der Waals surface area contributed by atoms with Gasteiger partial charge in [-0.3, -0.25) is 29.0 Å². The van der Waals surface area contributed by atoms with Gasteiger partial charge in [-0.15, -0.1) is 0 Å². The van der Waals surface area contributed by atoms with Gasteiger partial charge < -0.3 is 20.3 Å². The lowest BCUT2D eigenvalue weighted by Gasteiger charge is -2.43. The molecule has 2 fully saturated rings. The molecule has 2 N–H and O–H groups in total. The number of amides is 6. The molecule has 234 valence electrons. The summed E-state index contributed by atoms with van der Waals surface area (Å²) in [7, 11) is 1.36. The van der Waals surface area contributed by atoms with Gasteiger partial charge in [-0.25, -0.2) is 9.18 Å². The molecule has 3 aliphatic rings. The molecule has 5 rings (SSSR count). The zero-order chi connectivity index (χ0) is 32.1. The number of likely N-dealkylation sites (N-methyl/N-ethyl adjacent to an activating group) is 1. The summed E-state index contributed by atoms with van der Waals surface area (Å²) < 4.78 is 59.3. The zero-order valence-electron chi connectivity index (χ0n) is 24.0. The number of hydrogen-bond donors (Lipinski definition) is 2. The molecule has 15 heteroatoms. The third-order valence-corrected chi connectivity index (χ3v) is 8.13. The second-order valence-corrected chi connectivity index (χ2v) is 11.2. The summed E-state index contributed by atoms with van der Waals surface area (Å²) in [5.74, 6) is -3.91. The summed E-state index contributed by atoms with van der Waals surface area (Å²) in [6.07, 6.45) is -4.71. The lowest BCUT2D eigenvalue weighted by Crippen LogP contribution is -2.60. The van der Waals surface area contributed by atoms with E-state index in [4.69, 9.17) is 4.74 Å². The van der Waals surface area contributed by atoms with Crippen LogP contribution in [0.4, 0.5) is 33.7 Å². The second kappa shape index (κ2) is 11.1. The van der Waals surface area contributed by atoms with Crippen LogP contribution in [-0.4, -0.2) is 77.8 Å². The zero-order valence-corrected chi connectivity index (χ0v) is 24.0. The fraction of sp³-hybridized carbons (Fsp3) is 0.414. The smallest absolute Gasteiger partial charge is 0.416 e. The number of nitrogens with zero attached hydrogens (tertiary/aromatic N) is 3. The second-order valence-electron chi connectivity index (χ2n) is 11.2. The normalized spacial score (nSPS) is 18.7. The van der Waals surface area contributed by atoms with Gasteiger partial charge in [0.15, 0.2) is 6.61 Å². The number of imide groups is 1. The summed E-state index contributed by atoms with van der Waals surface area (Å²) in [4.78, 5) is 68.6. The van der Waals surface area contributed by atoms with Crippen molar-refractivity contribution in [3.63, 3.8) is 0 Å². The molecule has 44 heavy (non-hydrogen) atoms. The molecule has 1 spiro atoms. The number of hydrogen-bond acceptors (Lipinski definition) is 6. The summed E-state index contributed by atoms with van der Waals surface area (Å²) in [5.41, 5.74) is -2.61. The highest BCUT2D eigenvalue weighted by atomic mass is 19.4. The van der Waals surface area contributed by atoms with Crippen LogP contribution in [0, 0.1) is 11.7 Å². The van der Waals surface area contributed by atoms with E-state index in [1.54, 1.807) is 32.0 Å². The molecule has 0 aliphatic carbocycles. The number of halogens is 4. The van der Waals surface area contributed by atoms with Gasteiger partial charge in [-0.05, 0) is 49.1 Å². The molecule has 0 saturated carbocycles. The molecule has 2 aromatic carbocycles. The minimum absolute atomic E-state index is 0.0106. The Bertz CT molecular complexity index is 1550. The standard InChI is InChI=1S/C29H29F4N5O6/c1-15(2)23(35-24(40)18-12-16(29(31,32)33)4-6-19(18)30)25(41)37-10-8-28(9-11-37)26(42)36(3)27(43)38(28)17-5-7-20-21(13-17)44-14-22(39)34-20/h4-7,12-13,15,23H,8-11,14H2,1-3H3,(H,34,39)(H,35,40). The molecule has 0 aromatic heterocycles. The van der Waals surface area contributed by atoms with Crippen LogP contribution in [0.3, 0.4) is 0 Å². The Morgan fingerprint density at radius 3 is 2.36 bits per heavy atom. The summed E-state index contributed by atoms with van der Waals surface area (Å²) >= 11 is 0. The minimum Gasteiger partial charge on any atom is -0.482 e. The third-order valence-electron chi connectivity index (χ3n) is 8.13. The van der Waals surface area contributed by atoms with Gasteiger partial charge in [0.05, 0.1) is 22.5 Å². The van der Waals surface area contributed by atoms with E-state index < -0.39 is 64.4 Å².